The van der Waals surface area contributed by atoms with Crippen molar-refractivity contribution in [3.05, 3.63) is 45.7 Å². The molecule has 6 heteroatoms. The van der Waals surface area contributed by atoms with Crippen LogP contribution in [0.1, 0.15) is 41.5 Å². The van der Waals surface area contributed by atoms with Gasteiger partial charge in [-0.1, -0.05) is 41.4 Å². The zero-order valence-corrected chi connectivity index (χ0v) is 18.4. The van der Waals surface area contributed by atoms with Crippen molar-refractivity contribution >= 4 is 21.8 Å². The second-order valence-corrected chi connectivity index (χ2v) is 8.28. The molecule has 2 aromatic rings. The maximum absolute atomic E-state index is 12.4. The van der Waals surface area contributed by atoms with Crippen molar-refractivity contribution in [3.63, 3.8) is 0 Å². The molecule has 1 amide bonds. The summed E-state index contributed by atoms with van der Waals surface area (Å²) < 4.78 is 8.78. The van der Waals surface area contributed by atoms with Gasteiger partial charge in [0.1, 0.15) is 0 Å². The summed E-state index contributed by atoms with van der Waals surface area (Å²) in [5.74, 6) is -0.347. The molecule has 0 bridgehead atoms. The predicted octanol–water partition coefficient (Wildman–Crippen LogP) is 4.00. The van der Waals surface area contributed by atoms with Gasteiger partial charge in [0.15, 0.2) is 0 Å². The molecule has 152 valence electrons. The van der Waals surface area contributed by atoms with Crippen LogP contribution in [0.2, 0.25) is 0 Å². The van der Waals surface area contributed by atoms with E-state index >= 15 is 0 Å². The molecule has 0 saturated carbocycles. The summed E-state index contributed by atoms with van der Waals surface area (Å²) in [4.78, 5) is 14.8. The molecule has 1 saturated heterocycles. The van der Waals surface area contributed by atoms with Gasteiger partial charge in [0.05, 0.1) is 18.8 Å². The summed E-state index contributed by atoms with van der Waals surface area (Å²) in [5, 5.41) is 0. The Morgan fingerprint density at radius 1 is 1.18 bits per heavy atom. The highest BCUT2D eigenvalue weighted by atomic mass is 79.9. The van der Waals surface area contributed by atoms with Gasteiger partial charge in [0.25, 0.3) is 5.91 Å². The van der Waals surface area contributed by atoms with Gasteiger partial charge in [0.2, 0.25) is 0 Å². The molecule has 1 aromatic heterocycles. The summed E-state index contributed by atoms with van der Waals surface area (Å²) in [5.41, 5.74) is 10.7. The van der Waals surface area contributed by atoms with E-state index in [4.69, 9.17) is 10.5 Å². The minimum Gasteiger partial charge on any atom is -0.379 e. The standard InChI is InChI=1S/C22H30BrN3O2/c1-3-5-19-21(17-6-8-18(23)9-7-17)20(22(24)27)16(2)26(19)11-4-10-25-12-14-28-15-13-25/h6-9H,3-5,10-15H2,1-2H3,(H2,24,27). The fourth-order valence-corrected chi connectivity index (χ4v) is 4.37. The van der Waals surface area contributed by atoms with Crippen molar-refractivity contribution in [3.8, 4) is 11.1 Å². The molecule has 0 atom stereocenters. The summed E-state index contributed by atoms with van der Waals surface area (Å²) in [6.07, 6.45) is 3.00. The third-order valence-corrected chi connectivity index (χ3v) is 5.99. The van der Waals surface area contributed by atoms with E-state index in [0.717, 1.165) is 79.9 Å². The Hall–Kier alpha value is -1.63. The molecule has 0 spiro atoms. The molecular weight excluding hydrogens is 418 g/mol. The van der Waals surface area contributed by atoms with E-state index in [0.29, 0.717) is 5.56 Å². The molecule has 0 aliphatic carbocycles. The van der Waals surface area contributed by atoms with Gasteiger partial charge < -0.3 is 15.0 Å². The van der Waals surface area contributed by atoms with Crippen LogP contribution in [0.5, 0.6) is 0 Å². The molecule has 1 aromatic carbocycles. The van der Waals surface area contributed by atoms with Gasteiger partial charge in [-0.2, -0.15) is 0 Å². The molecule has 5 nitrogen and oxygen atoms in total. The van der Waals surface area contributed by atoms with Crippen molar-refractivity contribution < 1.29 is 9.53 Å². The third kappa shape index (κ3) is 4.67. The number of hydrogen-bond acceptors (Lipinski definition) is 3. The number of aromatic nitrogens is 1. The van der Waals surface area contributed by atoms with Crippen LogP contribution in [0.15, 0.2) is 28.7 Å². The van der Waals surface area contributed by atoms with Gasteiger partial charge in [0, 0.05) is 47.6 Å². The average molecular weight is 448 g/mol. The second kappa shape index (κ2) is 9.72. The van der Waals surface area contributed by atoms with Crippen molar-refractivity contribution in [2.24, 2.45) is 5.73 Å². The van der Waals surface area contributed by atoms with E-state index < -0.39 is 0 Å². The molecule has 2 N–H and O–H groups in total. The first kappa shape index (κ1) is 21.1. The number of primary amides is 1. The molecular formula is C22H30BrN3O2. The molecule has 0 radical (unpaired) electrons. The highest BCUT2D eigenvalue weighted by Gasteiger charge is 2.24. The second-order valence-electron chi connectivity index (χ2n) is 7.36. The van der Waals surface area contributed by atoms with Gasteiger partial charge in [-0.3, -0.25) is 9.69 Å². The molecule has 3 rings (SSSR count). The lowest BCUT2D eigenvalue weighted by Crippen LogP contribution is -2.37. The van der Waals surface area contributed by atoms with Crippen LogP contribution < -0.4 is 5.73 Å². The first-order chi connectivity index (χ1) is 13.5. The van der Waals surface area contributed by atoms with E-state index in [1.807, 2.05) is 19.1 Å². The lowest BCUT2D eigenvalue weighted by atomic mass is 9.98. The topological polar surface area (TPSA) is 60.5 Å². The van der Waals surface area contributed by atoms with Gasteiger partial charge in [-0.15, -0.1) is 0 Å². The number of morpholine rings is 1. The smallest absolute Gasteiger partial charge is 0.251 e. The Morgan fingerprint density at radius 2 is 1.86 bits per heavy atom. The van der Waals surface area contributed by atoms with E-state index in [9.17, 15) is 4.79 Å². The minimum atomic E-state index is -0.347. The number of hydrogen-bond donors (Lipinski definition) is 1. The zero-order chi connectivity index (χ0) is 20.1. The number of halogens is 1. The number of rotatable bonds is 8. The van der Waals surface area contributed by atoms with Gasteiger partial charge in [-0.25, -0.2) is 0 Å². The van der Waals surface area contributed by atoms with Crippen LogP contribution >= 0.6 is 15.9 Å². The molecule has 28 heavy (non-hydrogen) atoms. The summed E-state index contributed by atoms with van der Waals surface area (Å²) in [7, 11) is 0. The van der Waals surface area contributed by atoms with Crippen LogP contribution in [0.25, 0.3) is 11.1 Å². The number of carbonyl (C=O) groups excluding carboxylic acids is 1. The first-order valence-electron chi connectivity index (χ1n) is 10.1. The number of amides is 1. The van der Waals surface area contributed by atoms with E-state index in [1.165, 1.54) is 5.69 Å². The van der Waals surface area contributed by atoms with Crippen LogP contribution in [0.4, 0.5) is 0 Å². The van der Waals surface area contributed by atoms with E-state index in [-0.39, 0.29) is 5.91 Å². The molecule has 1 aliphatic heterocycles. The first-order valence-corrected chi connectivity index (χ1v) is 10.9. The monoisotopic (exact) mass is 447 g/mol. The average Bonchev–Trinajstić information content (AvgIpc) is 2.96. The van der Waals surface area contributed by atoms with Crippen molar-refractivity contribution in [1.82, 2.24) is 9.47 Å². The predicted molar refractivity (Wildman–Crippen MR) is 117 cm³/mol. The maximum Gasteiger partial charge on any atom is 0.251 e. The van der Waals surface area contributed by atoms with Crippen LogP contribution in [-0.2, 0) is 17.7 Å². The lowest BCUT2D eigenvalue weighted by molar-refractivity contribution is 0.0369. The largest absolute Gasteiger partial charge is 0.379 e. The fourth-order valence-electron chi connectivity index (χ4n) is 4.10. The highest BCUT2D eigenvalue weighted by molar-refractivity contribution is 9.10. The van der Waals surface area contributed by atoms with Crippen LogP contribution in [0, 0.1) is 6.92 Å². The number of nitrogens with zero attached hydrogens (tertiary/aromatic N) is 2. The third-order valence-electron chi connectivity index (χ3n) is 5.46. The Balaban J connectivity index is 1.93. The Kier molecular flexibility index (Phi) is 7.32. The summed E-state index contributed by atoms with van der Waals surface area (Å²) in [6, 6.07) is 8.15. The minimum absolute atomic E-state index is 0.347. The fraction of sp³-hybridized carbons (Fsp3) is 0.500. The summed E-state index contributed by atoms with van der Waals surface area (Å²) >= 11 is 3.50. The lowest BCUT2D eigenvalue weighted by Gasteiger charge is -2.26. The zero-order valence-electron chi connectivity index (χ0n) is 16.8. The van der Waals surface area contributed by atoms with Gasteiger partial charge in [-0.05, 0) is 37.5 Å². The van der Waals surface area contributed by atoms with E-state index in [2.05, 4.69) is 44.5 Å². The Bertz CT molecular complexity index is 808. The SMILES string of the molecule is CCCc1c(-c2ccc(Br)cc2)c(C(N)=O)c(C)n1CCCN1CCOCC1. The number of carbonyl (C=O) groups is 1. The van der Waals surface area contributed by atoms with Gasteiger partial charge >= 0.3 is 0 Å². The van der Waals surface area contributed by atoms with Crippen LogP contribution in [0.3, 0.4) is 0 Å². The number of nitrogens with two attached hydrogens (primary N) is 1. The molecule has 0 unspecified atom stereocenters. The van der Waals surface area contributed by atoms with E-state index in [1.54, 1.807) is 0 Å². The van der Waals surface area contributed by atoms with Crippen molar-refractivity contribution in [2.75, 3.05) is 32.8 Å². The highest BCUT2D eigenvalue weighted by Crippen LogP contribution is 2.34. The quantitative estimate of drug-likeness (QED) is 0.664. The maximum atomic E-state index is 12.4. The molecule has 2 heterocycles. The Morgan fingerprint density at radius 3 is 2.46 bits per heavy atom. The molecule has 1 aliphatic rings. The number of ether oxygens (including phenoxy) is 1. The van der Waals surface area contributed by atoms with Crippen molar-refractivity contribution in [2.45, 2.75) is 39.7 Å². The number of benzene rings is 1. The van der Waals surface area contributed by atoms with Crippen LogP contribution in [-0.4, -0.2) is 48.2 Å². The molecule has 1 fully saturated rings. The Labute approximate surface area is 176 Å². The normalized spacial score (nSPS) is 15.1. The summed E-state index contributed by atoms with van der Waals surface area (Å²) in [6.45, 7) is 9.80. The van der Waals surface area contributed by atoms with Crippen molar-refractivity contribution in [1.29, 1.82) is 0 Å².